The summed E-state index contributed by atoms with van der Waals surface area (Å²) < 4.78 is 24.8. The fourth-order valence-corrected chi connectivity index (χ4v) is 6.08. The highest BCUT2D eigenvalue weighted by Gasteiger charge is 2.43. The number of ether oxygens (including phenoxy) is 4. The van der Waals surface area contributed by atoms with Crippen LogP contribution in [0.1, 0.15) is 111 Å². The molecule has 0 spiro atoms. The lowest BCUT2D eigenvalue weighted by atomic mass is 9.87. The van der Waals surface area contributed by atoms with Crippen molar-refractivity contribution >= 4 is 5.97 Å². The van der Waals surface area contributed by atoms with Crippen LogP contribution >= 0.6 is 0 Å². The van der Waals surface area contributed by atoms with Crippen molar-refractivity contribution in [2.75, 3.05) is 13.2 Å². The summed E-state index contributed by atoms with van der Waals surface area (Å²) in [6, 6.07) is 0. The van der Waals surface area contributed by atoms with E-state index in [0.29, 0.717) is 18.8 Å². The molecule has 0 radical (unpaired) electrons. The predicted octanol–water partition coefficient (Wildman–Crippen LogP) is 6.78. The zero-order chi connectivity index (χ0) is 28.0. The molecule has 0 amide bonds. The minimum absolute atomic E-state index is 0.0790. The van der Waals surface area contributed by atoms with Crippen LogP contribution in [-0.4, -0.2) is 60.3 Å². The average molecular weight is 551 g/mol. The second-order valence-corrected chi connectivity index (χ2v) is 12.1. The van der Waals surface area contributed by atoms with Crippen LogP contribution < -0.4 is 0 Å². The molecular weight excluding hydrogens is 496 g/mol. The number of carbonyl (C=O) groups is 1. The molecule has 2 saturated heterocycles. The molecule has 2 aliphatic heterocycles. The number of aliphatic hydroxyl groups is 1. The van der Waals surface area contributed by atoms with Gasteiger partial charge in [-0.2, -0.15) is 0 Å². The van der Waals surface area contributed by atoms with Gasteiger partial charge >= 0.3 is 5.97 Å². The van der Waals surface area contributed by atoms with Gasteiger partial charge in [0.25, 0.3) is 0 Å². The first kappa shape index (κ1) is 32.3. The fraction of sp³-hybridized carbons (Fsp3) is 0.844. The number of carboxylic acids is 1. The molecule has 3 aliphatic rings. The van der Waals surface area contributed by atoms with Crippen LogP contribution in [0, 0.1) is 17.8 Å². The molecule has 3 rings (SSSR count). The third-order valence-corrected chi connectivity index (χ3v) is 8.46. The van der Waals surface area contributed by atoms with E-state index in [0.717, 1.165) is 83.8 Å². The summed E-state index contributed by atoms with van der Waals surface area (Å²) in [5.41, 5.74) is 1.31. The molecule has 0 bridgehead atoms. The van der Waals surface area contributed by atoms with E-state index >= 15 is 0 Å². The molecule has 2 heterocycles. The van der Waals surface area contributed by atoms with E-state index in [-0.39, 0.29) is 43.0 Å². The molecule has 7 nitrogen and oxygen atoms in total. The van der Waals surface area contributed by atoms with Gasteiger partial charge in [0.1, 0.15) is 0 Å². The number of carboxylic acid groups (broad SMARTS) is 1. The molecule has 1 saturated carbocycles. The summed E-state index contributed by atoms with van der Waals surface area (Å²) >= 11 is 0. The monoisotopic (exact) mass is 550 g/mol. The normalized spacial score (nSPS) is 31.3. The number of aliphatic carboxylic acids is 1. The maximum Gasteiger partial charge on any atom is 0.303 e. The van der Waals surface area contributed by atoms with Crippen molar-refractivity contribution < 1.29 is 34.0 Å². The van der Waals surface area contributed by atoms with E-state index in [1.165, 1.54) is 5.57 Å². The minimum atomic E-state index is -0.731. The highest BCUT2D eigenvalue weighted by atomic mass is 16.7. The van der Waals surface area contributed by atoms with Crippen LogP contribution in [0.5, 0.6) is 0 Å². The van der Waals surface area contributed by atoms with Gasteiger partial charge in [0, 0.05) is 32.0 Å². The fourth-order valence-electron chi connectivity index (χ4n) is 6.08. The van der Waals surface area contributed by atoms with E-state index in [1.807, 2.05) is 0 Å². The minimum Gasteiger partial charge on any atom is -0.481 e. The first-order valence-electron chi connectivity index (χ1n) is 15.6. The molecule has 0 aromatic heterocycles. The van der Waals surface area contributed by atoms with Gasteiger partial charge in [0.05, 0.1) is 18.3 Å². The summed E-state index contributed by atoms with van der Waals surface area (Å²) in [5, 5.41) is 20.0. The molecule has 1 aliphatic carbocycles. The molecule has 7 heteroatoms. The highest BCUT2D eigenvalue weighted by molar-refractivity contribution is 5.66. The Morgan fingerprint density at radius 2 is 1.69 bits per heavy atom. The van der Waals surface area contributed by atoms with Crippen molar-refractivity contribution in [1.29, 1.82) is 0 Å². The Balaban J connectivity index is 1.70. The number of allylic oxidation sites excluding steroid dienone is 2. The van der Waals surface area contributed by atoms with Crippen molar-refractivity contribution in [2.45, 2.75) is 142 Å². The third-order valence-electron chi connectivity index (χ3n) is 8.46. The van der Waals surface area contributed by atoms with Crippen molar-refractivity contribution in [3.8, 4) is 0 Å². The lowest BCUT2D eigenvalue weighted by Crippen LogP contribution is -2.32. The molecule has 0 aromatic rings. The zero-order valence-corrected chi connectivity index (χ0v) is 24.6. The van der Waals surface area contributed by atoms with Crippen molar-refractivity contribution in [3.63, 3.8) is 0 Å². The maximum absolute atomic E-state index is 11.1. The van der Waals surface area contributed by atoms with Gasteiger partial charge < -0.3 is 29.2 Å². The van der Waals surface area contributed by atoms with Crippen molar-refractivity contribution in [1.82, 2.24) is 0 Å². The summed E-state index contributed by atoms with van der Waals surface area (Å²) in [4.78, 5) is 10.8. The molecule has 3 unspecified atom stereocenters. The van der Waals surface area contributed by atoms with Crippen LogP contribution in [0.15, 0.2) is 23.8 Å². The van der Waals surface area contributed by atoms with Gasteiger partial charge in [-0.25, -0.2) is 0 Å². The average Bonchev–Trinajstić information content (AvgIpc) is 3.21. The molecule has 0 aromatic carbocycles. The second-order valence-electron chi connectivity index (χ2n) is 12.1. The van der Waals surface area contributed by atoms with E-state index in [2.05, 4.69) is 39.0 Å². The van der Waals surface area contributed by atoms with Gasteiger partial charge in [-0.15, -0.1) is 0 Å². The Bertz CT molecular complexity index is 750. The molecule has 39 heavy (non-hydrogen) atoms. The van der Waals surface area contributed by atoms with Crippen LogP contribution in [0.2, 0.25) is 0 Å². The summed E-state index contributed by atoms with van der Waals surface area (Å²) in [6.45, 7) is 7.98. The lowest BCUT2D eigenvalue weighted by Gasteiger charge is -2.31. The van der Waals surface area contributed by atoms with Crippen LogP contribution in [0.25, 0.3) is 0 Å². The third kappa shape index (κ3) is 11.6. The lowest BCUT2D eigenvalue weighted by molar-refractivity contribution is -0.193. The largest absolute Gasteiger partial charge is 0.481 e. The number of aliphatic hydroxyl groups excluding tert-OH is 1. The van der Waals surface area contributed by atoms with E-state index in [1.54, 1.807) is 0 Å². The van der Waals surface area contributed by atoms with Gasteiger partial charge in [-0.3, -0.25) is 4.79 Å². The summed E-state index contributed by atoms with van der Waals surface area (Å²) in [5.74, 6) is -0.250. The van der Waals surface area contributed by atoms with Crippen LogP contribution in [0.4, 0.5) is 0 Å². The van der Waals surface area contributed by atoms with Gasteiger partial charge in [-0.1, -0.05) is 50.0 Å². The van der Waals surface area contributed by atoms with Crippen molar-refractivity contribution in [3.05, 3.63) is 23.8 Å². The smallest absolute Gasteiger partial charge is 0.303 e. The maximum atomic E-state index is 11.1. The molecule has 8 atom stereocenters. The number of unbranched alkanes of at least 4 members (excludes halogenated alkanes) is 3. The molecule has 224 valence electrons. The van der Waals surface area contributed by atoms with Gasteiger partial charge in [0.2, 0.25) is 0 Å². The van der Waals surface area contributed by atoms with Gasteiger partial charge in [0.15, 0.2) is 12.6 Å². The predicted molar refractivity (Wildman–Crippen MR) is 152 cm³/mol. The molecule has 2 N–H and O–H groups in total. The number of hydrogen-bond donors (Lipinski definition) is 2. The van der Waals surface area contributed by atoms with Crippen LogP contribution in [-0.2, 0) is 23.7 Å². The summed E-state index contributed by atoms with van der Waals surface area (Å²) in [6.07, 6.45) is 18.3. The molecular formula is C32H54O7. The standard InChI is InChI=1S/C32H54O7/c1-23(2)16-17-24(3)28(38-31-14-8-10-20-36-31)19-18-26-25(12-6-4-5-7-13-30(34)35)27(33)22-29(26)39-32-15-9-11-21-37-32/h16,18-19,24-29,31-33H,4-15,17,20-22H2,1-3H3,(H,34,35)/b19-18+/t24?,25-,26-,27-,28-,29-,31?,32?/m1/s1. The highest BCUT2D eigenvalue weighted by Crippen LogP contribution is 2.40. The van der Waals surface area contributed by atoms with Crippen molar-refractivity contribution in [2.24, 2.45) is 17.8 Å². The first-order valence-corrected chi connectivity index (χ1v) is 15.6. The Morgan fingerprint density at radius 1 is 1.00 bits per heavy atom. The zero-order valence-electron chi connectivity index (χ0n) is 24.6. The number of hydrogen-bond acceptors (Lipinski definition) is 6. The Morgan fingerprint density at radius 3 is 2.33 bits per heavy atom. The Kier molecular flexibility index (Phi) is 14.5. The number of rotatable bonds is 16. The SMILES string of the molecule is CC(C)=CCC(C)[C@@H](/C=C/[C@@H]1[C@@H](CCCCCCC(=O)O)[C@H](O)C[C@H]1OC1CCCCO1)OC1CCCCO1. The molecule has 3 fully saturated rings. The Hall–Kier alpha value is -1.25. The van der Waals surface area contributed by atoms with E-state index in [4.69, 9.17) is 24.1 Å². The second kappa shape index (κ2) is 17.5. The van der Waals surface area contributed by atoms with Gasteiger partial charge in [-0.05, 0) is 83.5 Å². The topological polar surface area (TPSA) is 94.5 Å². The summed E-state index contributed by atoms with van der Waals surface area (Å²) in [7, 11) is 0. The quantitative estimate of drug-likeness (QED) is 0.162. The van der Waals surface area contributed by atoms with Crippen LogP contribution in [0.3, 0.4) is 0 Å². The Labute approximate surface area is 236 Å². The van der Waals surface area contributed by atoms with E-state index in [9.17, 15) is 9.90 Å². The van der Waals surface area contributed by atoms with E-state index < -0.39 is 12.1 Å². The first-order chi connectivity index (χ1) is 18.8.